The number of nitrogens with two attached hydrogens (primary N) is 1. The molecule has 0 spiro atoms. The number of hydrazine groups is 1. The third kappa shape index (κ3) is 3.35. The number of rotatable bonds is 3. The van der Waals surface area contributed by atoms with Gasteiger partial charge in [0.15, 0.2) is 0 Å². The van der Waals surface area contributed by atoms with Crippen LogP contribution in [0.15, 0.2) is 58.1 Å². The highest BCUT2D eigenvalue weighted by Gasteiger charge is 1.98. The molecule has 1 heterocycles. The summed E-state index contributed by atoms with van der Waals surface area (Å²) < 4.78 is 5.18. The van der Waals surface area contributed by atoms with Gasteiger partial charge in [0.1, 0.15) is 12.3 Å². The smallest absolute Gasteiger partial charge is 0.210 e. The lowest BCUT2D eigenvalue weighted by molar-refractivity contribution is 0.512. The molecule has 1 aromatic heterocycles. The summed E-state index contributed by atoms with van der Waals surface area (Å²) >= 11 is 0. The van der Waals surface area contributed by atoms with Crippen molar-refractivity contribution in [1.82, 2.24) is 5.43 Å². The molecule has 2 aromatic rings. The number of hydrogen-bond acceptors (Lipinski definition) is 3. The van der Waals surface area contributed by atoms with Crippen LogP contribution in [0.5, 0.6) is 0 Å². The second-order valence-electron chi connectivity index (χ2n) is 3.38. The maximum absolute atomic E-state index is 5.39. The molecular formula is C12H14N4O. The lowest BCUT2D eigenvalue weighted by atomic mass is 10.3. The van der Waals surface area contributed by atoms with Gasteiger partial charge in [-0.15, -0.1) is 0 Å². The number of hydrogen-bond donors (Lipinski definition) is 3. The molecule has 0 amide bonds. The molecule has 0 saturated carbocycles. The number of para-hydroxylation sites is 1. The molecule has 0 radical (unpaired) electrons. The average Bonchev–Trinajstić information content (AvgIpc) is 2.89. The molecule has 2 rings (SSSR count). The Morgan fingerprint density at radius 2 is 2.00 bits per heavy atom. The zero-order chi connectivity index (χ0) is 11.9. The molecule has 5 nitrogen and oxygen atoms in total. The van der Waals surface area contributed by atoms with E-state index >= 15 is 0 Å². The Balaban J connectivity index is 1.99. The van der Waals surface area contributed by atoms with Gasteiger partial charge in [-0.25, -0.2) is 10.8 Å². The van der Waals surface area contributed by atoms with Crippen LogP contribution in [-0.2, 0) is 6.54 Å². The summed E-state index contributed by atoms with van der Waals surface area (Å²) in [6.07, 6.45) is 1.62. The van der Waals surface area contributed by atoms with E-state index < -0.39 is 0 Å². The Morgan fingerprint density at radius 3 is 2.65 bits per heavy atom. The molecular weight excluding hydrogens is 216 g/mol. The minimum absolute atomic E-state index is 0.437. The van der Waals surface area contributed by atoms with Crippen LogP contribution in [0.3, 0.4) is 0 Å². The van der Waals surface area contributed by atoms with Crippen molar-refractivity contribution in [2.45, 2.75) is 6.54 Å². The second-order valence-corrected chi connectivity index (χ2v) is 3.38. The van der Waals surface area contributed by atoms with E-state index in [-0.39, 0.29) is 0 Å². The van der Waals surface area contributed by atoms with Crippen molar-refractivity contribution >= 4 is 11.6 Å². The van der Waals surface area contributed by atoms with Crippen LogP contribution >= 0.6 is 0 Å². The molecule has 0 aliphatic carbocycles. The number of aliphatic imine (C=N–C) groups is 1. The number of furan rings is 1. The van der Waals surface area contributed by atoms with Crippen molar-refractivity contribution < 1.29 is 4.42 Å². The molecule has 88 valence electrons. The van der Waals surface area contributed by atoms with Gasteiger partial charge in [0.05, 0.1) is 6.26 Å². The van der Waals surface area contributed by atoms with Gasteiger partial charge >= 0.3 is 0 Å². The van der Waals surface area contributed by atoms with Crippen LogP contribution < -0.4 is 16.6 Å². The first-order valence-electron chi connectivity index (χ1n) is 5.24. The van der Waals surface area contributed by atoms with E-state index in [1.165, 1.54) is 0 Å². The highest BCUT2D eigenvalue weighted by Crippen LogP contribution is 2.05. The molecule has 5 heteroatoms. The molecule has 17 heavy (non-hydrogen) atoms. The highest BCUT2D eigenvalue weighted by atomic mass is 16.3. The highest BCUT2D eigenvalue weighted by molar-refractivity contribution is 5.93. The summed E-state index contributed by atoms with van der Waals surface area (Å²) in [4.78, 5) is 4.26. The maximum Gasteiger partial charge on any atom is 0.210 e. The summed E-state index contributed by atoms with van der Waals surface area (Å²) in [7, 11) is 0. The van der Waals surface area contributed by atoms with Crippen LogP contribution in [0.1, 0.15) is 5.76 Å². The molecule has 0 saturated heterocycles. The first kappa shape index (κ1) is 11.2. The van der Waals surface area contributed by atoms with Crippen molar-refractivity contribution in [1.29, 1.82) is 0 Å². The molecule has 1 aromatic carbocycles. The molecule has 4 N–H and O–H groups in total. The normalized spacial score (nSPS) is 11.2. The van der Waals surface area contributed by atoms with Gasteiger partial charge in [0, 0.05) is 5.69 Å². The van der Waals surface area contributed by atoms with E-state index in [1.54, 1.807) is 6.26 Å². The quantitative estimate of drug-likeness (QED) is 0.325. The van der Waals surface area contributed by atoms with Gasteiger partial charge in [-0.05, 0) is 24.3 Å². The van der Waals surface area contributed by atoms with Gasteiger partial charge in [-0.1, -0.05) is 18.2 Å². The molecule has 0 aliphatic heterocycles. The van der Waals surface area contributed by atoms with Crippen LogP contribution in [-0.4, -0.2) is 5.96 Å². The number of guanidine groups is 1. The van der Waals surface area contributed by atoms with Gasteiger partial charge < -0.3 is 9.73 Å². The SMILES string of the molecule is NNC(=NCc1ccco1)Nc1ccccc1. The molecule has 0 aliphatic rings. The fraction of sp³-hybridized carbons (Fsp3) is 0.0833. The van der Waals surface area contributed by atoms with Crippen LogP contribution in [0.4, 0.5) is 5.69 Å². The minimum atomic E-state index is 0.437. The number of nitrogens with zero attached hydrogens (tertiary/aromatic N) is 1. The fourth-order valence-corrected chi connectivity index (χ4v) is 1.34. The standard InChI is InChI=1S/C12H14N4O/c13-16-12(14-9-11-7-4-8-17-11)15-10-5-2-1-3-6-10/h1-8H,9,13H2,(H2,14,15,16). The molecule has 0 bridgehead atoms. The monoisotopic (exact) mass is 230 g/mol. The summed E-state index contributed by atoms with van der Waals surface area (Å²) in [5, 5.41) is 3.06. The maximum atomic E-state index is 5.39. The van der Waals surface area contributed by atoms with Gasteiger partial charge in [0.25, 0.3) is 0 Å². The summed E-state index contributed by atoms with van der Waals surface area (Å²) in [5.41, 5.74) is 3.43. The van der Waals surface area contributed by atoms with Crippen LogP contribution in [0.25, 0.3) is 0 Å². The second kappa shape index (κ2) is 5.72. The van der Waals surface area contributed by atoms with Crippen molar-refractivity contribution in [2.75, 3.05) is 5.32 Å². The van der Waals surface area contributed by atoms with Crippen LogP contribution in [0.2, 0.25) is 0 Å². The first-order chi connectivity index (χ1) is 8.38. The number of nitrogens with one attached hydrogen (secondary N) is 2. The van der Waals surface area contributed by atoms with E-state index in [1.807, 2.05) is 42.5 Å². The van der Waals surface area contributed by atoms with Crippen molar-refractivity contribution in [2.24, 2.45) is 10.8 Å². The summed E-state index contributed by atoms with van der Waals surface area (Å²) in [6, 6.07) is 13.4. The molecule has 0 fully saturated rings. The minimum Gasteiger partial charge on any atom is -0.467 e. The predicted molar refractivity (Wildman–Crippen MR) is 67.2 cm³/mol. The lowest BCUT2D eigenvalue weighted by Crippen LogP contribution is -2.36. The van der Waals surface area contributed by atoms with Gasteiger partial charge in [-0.3, -0.25) is 5.43 Å². The summed E-state index contributed by atoms with van der Waals surface area (Å²) in [5.74, 6) is 6.66. The van der Waals surface area contributed by atoms with E-state index in [4.69, 9.17) is 10.3 Å². The number of benzene rings is 1. The van der Waals surface area contributed by atoms with Crippen molar-refractivity contribution in [3.8, 4) is 0 Å². The fourth-order valence-electron chi connectivity index (χ4n) is 1.34. The Bertz CT molecular complexity index is 465. The Hall–Kier alpha value is -2.27. The third-order valence-corrected chi connectivity index (χ3v) is 2.15. The summed E-state index contributed by atoms with van der Waals surface area (Å²) in [6.45, 7) is 0.437. The van der Waals surface area contributed by atoms with E-state index in [9.17, 15) is 0 Å². The van der Waals surface area contributed by atoms with Crippen LogP contribution in [0, 0.1) is 0 Å². The van der Waals surface area contributed by atoms with Gasteiger partial charge in [0.2, 0.25) is 5.96 Å². The number of anilines is 1. The lowest BCUT2D eigenvalue weighted by Gasteiger charge is -2.08. The van der Waals surface area contributed by atoms with E-state index in [2.05, 4.69) is 15.7 Å². The topological polar surface area (TPSA) is 75.6 Å². The Kier molecular flexibility index (Phi) is 3.77. The predicted octanol–water partition coefficient (Wildman–Crippen LogP) is 1.71. The van der Waals surface area contributed by atoms with E-state index in [0.29, 0.717) is 12.5 Å². The average molecular weight is 230 g/mol. The first-order valence-corrected chi connectivity index (χ1v) is 5.24. The Labute approximate surface area is 99.3 Å². The largest absolute Gasteiger partial charge is 0.467 e. The van der Waals surface area contributed by atoms with Gasteiger partial charge in [-0.2, -0.15) is 0 Å². The van der Waals surface area contributed by atoms with E-state index in [0.717, 1.165) is 11.4 Å². The van der Waals surface area contributed by atoms with Crippen molar-refractivity contribution in [3.63, 3.8) is 0 Å². The molecule has 0 unspecified atom stereocenters. The zero-order valence-electron chi connectivity index (χ0n) is 9.26. The third-order valence-electron chi connectivity index (χ3n) is 2.15. The molecule has 0 atom stereocenters. The van der Waals surface area contributed by atoms with Crippen molar-refractivity contribution in [3.05, 3.63) is 54.5 Å². The Morgan fingerprint density at radius 1 is 1.18 bits per heavy atom. The zero-order valence-corrected chi connectivity index (χ0v) is 9.26.